The summed E-state index contributed by atoms with van der Waals surface area (Å²) in [7, 11) is -3.54. The lowest BCUT2D eigenvalue weighted by Crippen LogP contribution is -2.24. The summed E-state index contributed by atoms with van der Waals surface area (Å²) in [6.07, 6.45) is 5.62. The highest BCUT2D eigenvalue weighted by Crippen LogP contribution is 2.20. The minimum absolute atomic E-state index is 0. The number of sulfonamides is 1. The number of nitrogens with one attached hydrogen (secondary N) is 4. The van der Waals surface area contributed by atoms with E-state index in [0.717, 1.165) is 43.2 Å². The molecule has 3 aromatic heterocycles. The molecule has 4 heterocycles. The molecule has 0 radical (unpaired) electrons. The Morgan fingerprint density at radius 1 is 1.12 bits per heavy atom. The number of aromatic nitrogens is 5. The molecule has 1 aliphatic heterocycles. The first kappa shape index (κ1) is 23.5. The van der Waals surface area contributed by atoms with Crippen LogP contribution in [0.25, 0.3) is 0 Å². The van der Waals surface area contributed by atoms with Gasteiger partial charge in [0.25, 0.3) is 0 Å². The van der Waals surface area contributed by atoms with Gasteiger partial charge in [-0.05, 0) is 11.6 Å². The lowest BCUT2D eigenvalue weighted by molar-refractivity contribution is 0.606. The highest BCUT2D eigenvalue weighted by Gasteiger charge is 2.14. The predicted octanol–water partition coefficient (Wildman–Crippen LogP) is 1.60. The van der Waals surface area contributed by atoms with Crippen LogP contribution in [0.3, 0.4) is 0 Å². The van der Waals surface area contributed by atoms with E-state index in [-0.39, 0.29) is 42.2 Å². The smallest absolute Gasteiger partial charge is 0.231 e. The van der Waals surface area contributed by atoms with Crippen molar-refractivity contribution in [2.45, 2.75) is 19.5 Å². The van der Waals surface area contributed by atoms with Gasteiger partial charge in [-0.2, -0.15) is 4.98 Å². The van der Waals surface area contributed by atoms with Crippen molar-refractivity contribution < 1.29 is 12.8 Å². The maximum atomic E-state index is 14.2. The van der Waals surface area contributed by atoms with Gasteiger partial charge in [-0.15, -0.1) is 12.4 Å². The summed E-state index contributed by atoms with van der Waals surface area (Å²) in [4.78, 5) is 20.7. The molecule has 14 heteroatoms. The van der Waals surface area contributed by atoms with Crippen LogP contribution in [0.15, 0.2) is 30.7 Å². The second-order valence-corrected chi connectivity index (χ2v) is 8.57. The third kappa shape index (κ3) is 5.96. The molecule has 0 saturated carbocycles. The molecule has 0 atom stereocenters. The lowest BCUT2D eigenvalue weighted by Gasteiger charge is -2.17. The quantitative estimate of drug-likeness (QED) is 0.392. The van der Waals surface area contributed by atoms with Crippen molar-refractivity contribution in [3.63, 3.8) is 0 Å². The first-order valence-electron chi connectivity index (χ1n) is 9.38. The monoisotopic (exact) mass is 481 g/mol. The van der Waals surface area contributed by atoms with Crippen molar-refractivity contribution in [2.24, 2.45) is 0 Å². The van der Waals surface area contributed by atoms with Crippen LogP contribution in [0.5, 0.6) is 0 Å². The summed E-state index contributed by atoms with van der Waals surface area (Å²) in [6, 6.07) is 3.79. The van der Waals surface area contributed by atoms with Crippen LogP contribution in [-0.2, 0) is 29.5 Å². The fourth-order valence-corrected chi connectivity index (χ4v) is 3.52. The number of rotatable bonds is 7. The molecule has 0 aliphatic carbocycles. The second kappa shape index (κ2) is 9.97. The Kier molecular flexibility index (Phi) is 7.33. The van der Waals surface area contributed by atoms with Gasteiger partial charge in [0.2, 0.25) is 16.0 Å². The number of hydrogen-bond acceptors (Lipinski definition) is 10. The zero-order valence-electron chi connectivity index (χ0n) is 17.0. The van der Waals surface area contributed by atoms with Crippen LogP contribution >= 0.6 is 12.4 Å². The first-order valence-corrected chi connectivity index (χ1v) is 11.3. The number of anilines is 4. The van der Waals surface area contributed by atoms with Gasteiger partial charge in [0, 0.05) is 37.6 Å². The molecule has 0 saturated heterocycles. The molecule has 11 nitrogen and oxygen atoms in total. The van der Waals surface area contributed by atoms with Crippen LogP contribution in [0.1, 0.15) is 17.0 Å². The van der Waals surface area contributed by atoms with E-state index in [1.165, 1.54) is 12.4 Å². The Morgan fingerprint density at radius 3 is 2.75 bits per heavy atom. The second-order valence-electron chi connectivity index (χ2n) is 6.82. The lowest BCUT2D eigenvalue weighted by atomic mass is 10.1. The maximum Gasteiger partial charge on any atom is 0.231 e. The highest BCUT2D eigenvalue weighted by atomic mass is 35.5. The van der Waals surface area contributed by atoms with Crippen LogP contribution in [0.2, 0.25) is 0 Å². The van der Waals surface area contributed by atoms with Crippen LogP contribution < -0.4 is 20.7 Å². The van der Waals surface area contributed by atoms with Gasteiger partial charge in [0.1, 0.15) is 11.5 Å². The van der Waals surface area contributed by atoms with E-state index < -0.39 is 15.8 Å². The molecule has 0 spiro atoms. The zero-order valence-corrected chi connectivity index (χ0v) is 18.6. The van der Waals surface area contributed by atoms with Gasteiger partial charge >= 0.3 is 0 Å². The summed E-state index contributed by atoms with van der Waals surface area (Å²) in [5, 5.41) is 9.07. The topological polar surface area (TPSA) is 147 Å². The average molecular weight is 482 g/mol. The molecule has 170 valence electrons. The van der Waals surface area contributed by atoms with Crippen LogP contribution in [0.4, 0.5) is 27.8 Å². The van der Waals surface area contributed by atoms with Gasteiger partial charge in [0.05, 0.1) is 19.0 Å². The van der Waals surface area contributed by atoms with E-state index >= 15 is 0 Å². The molecule has 32 heavy (non-hydrogen) atoms. The van der Waals surface area contributed by atoms with Crippen LogP contribution in [0, 0.1) is 5.82 Å². The van der Waals surface area contributed by atoms with E-state index in [2.05, 4.69) is 45.6 Å². The number of halogens is 2. The van der Waals surface area contributed by atoms with Crippen molar-refractivity contribution >= 4 is 45.8 Å². The fourth-order valence-electron chi connectivity index (χ4n) is 3.00. The molecule has 4 N–H and O–H groups in total. The molecule has 0 fully saturated rings. The predicted molar refractivity (Wildman–Crippen MR) is 120 cm³/mol. The van der Waals surface area contributed by atoms with Crippen molar-refractivity contribution in [3.05, 3.63) is 53.5 Å². The number of nitrogens with zero attached hydrogens (tertiary/aromatic N) is 5. The SMILES string of the molecule is CS(=O)(=O)Nc1nccnc1CNc1nc(Nc2ccc3c(n2)CCNC3)ncc1F.Cl. The van der Waals surface area contributed by atoms with Gasteiger partial charge in [-0.1, -0.05) is 6.07 Å². The van der Waals surface area contributed by atoms with E-state index in [4.69, 9.17) is 0 Å². The maximum absolute atomic E-state index is 14.2. The van der Waals surface area contributed by atoms with Gasteiger partial charge in [-0.25, -0.2) is 27.8 Å². The Morgan fingerprint density at radius 2 is 1.94 bits per heavy atom. The van der Waals surface area contributed by atoms with E-state index in [9.17, 15) is 12.8 Å². The number of fused-ring (bicyclic) bond motifs is 1. The summed E-state index contributed by atoms with van der Waals surface area (Å²) < 4.78 is 39.5. The standard InChI is InChI=1S/C18H20FN9O2S.ClH/c1-31(29,30)28-17-14(21-6-7-22-17)10-23-16-12(19)9-24-18(27-16)26-15-3-2-11-8-20-5-4-13(11)25-15;/h2-3,6-7,9,20H,4-5,8,10H2,1H3,(H,22,28)(H2,23,24,25,26,27);1H. The van der Waals surface area contributed by atoms with Crippen molar-refractivity contribution in [3.8, 4) is 0 Å². The molecule has 0 bridgehead atoms. The molecule has 4 rings (SSSR count). The number of pyridine rings is 1. The summed E-state index contributed by atoms with van der Waals surface area (Å²) in [5.74, 6) is 0.0379. The van der Waals surface area contributed by atoms with Crippen molar-refractivity contribution in [1.29, 1.82) is 0 Å². The zero-order chi connectivity index (χ0) is 21.8. The Bertz CT molecular complexity index is 1210. The summed E-state index contributed by atoms with van der Waals surface area (Å²) in [6.45, 7) is 1.63. The normalized spacial score (nSPS) is 12.9. The molecule has 3 aromatic rings. The van der Waals surface area contributed by atoms with Gasteiger partial charge in [0.15, 0.2) is 17.5 Å². The third-order valence-electron chi connectivity index (χ3n) is 4.39. The molecule has 0 unspecified atom stereocenters. The Labute approximate surface area is 190 Å². The highest BCUT2D eigenvalue weighted by molar-refractivity contribution is 7.92. The third-order valence-corrected chi connectivity index (χ3v) is 4.95. The van der Waals surface area contributed by atoms with Crippen molar-refractivity contribution in [2.75, 3.05) is 28.2 Å². The van der Waals surface area contributed by atoms with E-state index in [0.29, 0.717) is 5.82 Å². The van der Waals surface area contributed by atoms with E-state index in [1.54, 1.807) is 0 Å². The molecular weight excluding hydrogens is 461 g/mol. The van der Waals surface area contributed by atoms with Crippen LogP contribution in [-0.4, -0.2) is 46.1 Å². The molecule has 0 amide bonds. The Hall–Kier alpha value is -3.16. The summed E-state index contributed by atoms with van der Waals surface area (Å²) >= 11 is 0. The van der Waals surface area contributed by atoms with Gasteiger partial charge < -0.3 is 16.0 Å². The molecular formula is C18H21ClFN9O2S. The number of hydrogen-bond donors (Lipinski definition) is 4. The average Bonchev–Trinajstić information content (AvgIpc) is 2.74. The van der Waals surface area contributed by atoms with Gasteiger partial charge in [-0.3, -0.25) is 9.71 Å². The first-order chi connectivity index (χ1) is 14.9. The largest absolute Gasteiger partial charge is 0.362 e. The minimum Gasteiger partial charge on any atom is -0.362 e. The summed E-state index contributed by atoms with van der Waals surface area (Å²) in [5.41, 5.74) is 2.42. The fraction of sp³-hybridized carbons (Fsp3) is 0.278. The minimum atomic E-state index is -3.54. The molecule has 0 aromatic carbocycles. The Balaban J connectivity index is 0.00000289. The van der Waals surface area contributed by atoms with E-state index in [1.807, 2.05) is 12.1 Å². The van der Waals surface area contributed by atoms with Crippen molar-refractivity contribution in [1.82, 2.24) is 30.2 Å². The molecule has 1 aliphatic rings.